The highest BCUT2D eigenvalue weighted by atomic mass is 79.9. The van der Waals surface area contributed by atoms with Gasteiger partial charge in [0.05, 0.1) is 32.1 Å². The minimum Gasteiger partial charge on any atom is -0.254 e. The molecule has 0 aliphatic heterocycles. The van der Waals surface area contributed by atoms with Gasteiger partial charge < -0.3 is 0 Å². The molecule has 1 aliphatic carbocycles. The topological polar surface area (TPSA) is 60.7 Å². The van der Waals surface area contributed by atoms with E-state index >= 15 is 0 Å². The summed E-state index contributed by atoms with van der Waals surface area (Å²) >= 11 is 16.8. The van der Waals surface area contributed by atoms with Gasteiger partial charge in [-0.15, -0.1) is 10.2 Å². The zero-order valence-corrected chi connectivity index (χ0v) is 23.2. The second-order valence-electron chi connectivity index (χ2n) is 8.34. The molecule has 0 saturated heterocycles. The molecule has 1 saturated carbocycles. The predicted molar refractivity (Wildman–Crippen MR) is 140 cm³/mol. The van der Waals surface area contributed by atoms with E-state index < -0.39 is 22.4 Å². The molecule has 0 amide bonds. The van der Waals surface area contributed by atoms with E-state index in [2.05, 4.69) is 31.2 Å². The highest BCUT2D eigenvalue weighted by Crippen LogP contribution is 2.55. The molecule has 4 aromatic rings. The SMILES string of the molecule is CS(=O)c1c(-c2nnc(C3(C(F)(F)F)CCC3)s2)nn(-c2ccc(Cl)cc2Cl)c1-c1ccc(Br)cc1. The van der Waals surface area contributed by atoms with Gasteiger partial charge in [-0.05, 0) is 43.2 Å². The van der Waals surface area contributed by atoms with Crippen LogP contribution in [0.4, 0.5) is 13.2 Å². The van der Waals surface area contributed by atoms with Gasteiger partial charge in [0.25, 0.3) is 0 Å². The molecule has 13 heteroatoms. The van der Waals surface area contributed by atoms with Crippen molar-refractivity contribution in [3.05, 3.63) is 62.0 Å². The molecule has 2 aromatic carbocycles. The first-order valence-electron chi connectivity index (χ1n) is 10.6. The average Bonchev–Trinajstić information content (AvgIpc) is 3.38. The fourth-order valence-corrected chi connectivity index (χ4v) is 6.97. The molecule has 1 fully saturated rings. The molecule has 2 aromatic heterocycles. The van der Waals surface area contributed by atoms with Gasteiger partial charge in [0.2, 0.25) is 0 Å². The highest BCUT2D eigenvalue weighted by molar-refractivity contribution is 9.10. The van der Waals surface area contributed by atoms with Crippen LogP contribution in [0.1, 0.15) is 24.3 Å². The maximum Gasteiger partial charge on any atom is 0.400 e. The van der Waals surface area contributed by atoms with Gasteiger partial charge in [0.15, 0.2) is 5.01 Å². The van der Waals surface area contributed by atoms with E-state index in [0.29, 0.717) is 38.3 Å². The number of rotatable bonds is 5. The van der Waals surface area contributed by atoms with Gasteiger partial charge in [0.1, 0.15) is 16.1 Å². The smallest absolute Gasteiger partial charge is 0.254 e. The summed E-state index contributed by atoms with van der Waals surface area (Å²) < 4.78 is 57.2. The minimum absolute atomic E-state index is 0.0311. The Balaban J connectivity index is 1.75. The van der Waals surface area contributed by atoms with Crippen molar-refractivity contribution in [2.45, 2.75) is 35.7 Å². The third-order valence-electron chi connectivity index (χ3n) is 6.17. The van der Waals surface area contributed by atoms with Gasteiger partial charge in [-0.3, -0.25) is 4.21 Å². The van der Waals surface area contributed by atoms with E-state index in [1.807, 2.05) is 24.3 Å². The zero-order valence-electron chi connectivity index (χ0n) is 18.4. The van der Waals surface area contributed by atoms with E-state index in [1.54, 1.807) is 18.2 Å². The third-order valence-corrected chi connectivity index (χ3v) is 9.33. The summed E-state index contributed by atoms with van der Waals surface area (Å²) in [5.41, 5.74) is -0.171. The van der Waals surface area contributed by atoms with Gasteiger partial charge in [-0.2, -0.15) is 18.3 Å². The minimum atomic E-state index is -4.43. The van der Waals surface area contributed by atoms with Crippen molar-refractivity contribution < 1.29 is 17.4 Å². The quantitative estimate of drug-likeness (QED) is 0.224. The Morgan fingerprint density at radius 1 is 1.11 bits per heavy atom. The van der Waals surface area contributed by atoms with E-state index in [-0.39, 0.29) is 28.6 Å². The van der Waals surface area contributed by atoms with Crippen LogP contribution in [-0.2, 0) is 16.2 Å². The first-order chi connectivity index (χ1) is 17.0. The fourth-order valence-electron chi connectivity index (χ4n) is 4.17. The summed E-state index contributed by atoms with van der Waals surface area (Å²) in [6.45, 7) is 0. The van der Waals surface area contributed by atoms with E-state index in [9.17, 15) is 17.4 Å². The maximum atomic E-state index is 13.9. The van der Waals surface area contributed by atoms with Crippen LogP contribution in [0.25, 0.3) is 27.6 Å². The molecule has 0 spiro atoms. The Kier molecular flexibility index (Phi) is 6.82. The molecule has 36 heavy (non-hydrogen) atoms. The molecule has 1 atom stereocenters. The third kappa shape index (κ3) is 4.32. The van der Waals surface area contributed by atoms with Crippen molar-refractivity contribution in [2.24, 2.45) is 0 Å². The fraction of sp³-hybridized carbons (Fsp3) is 0.261. The van der Waals surface area contributed by atoms with Crippen LogP contribution in [0.3, 0.4) is 0 Å². The molecular formula is C23H16BrCl2F3N4OS2. The Hall–Kier alpha value is -1.79. The first-order valence-corrected chi connectivity index (χ1v) is 14.5. The lowest BCUT2D eigenvalue weighted by molar-refractivity contribution is -0.212. The Bertz CT molecular complexity index is 1480. The Labute approximate surface area is 229 Å². The van der Waals surface area contributed by atoms with Crippen LogP contribution in [0.5, 0.6) is 0 Å². The van der Waals surface area contributed by atoms with Gasteiger partial charge in [-0.25, -0.2) is 4.68 Å². The number of hydrogen-bond acceptors (Lipinski definition) is 5. The lowest BCUT2D eigenvalue weighted by Crippen LogP contribution is -2.47. The van der Waals surface area contributed by atoms with Crippen LogP contribution in [0.15, 0.2) is 51.8 Å². The van der Waals surface area contributed by atoms with Crippen molar-refractivity contribution in [3.63, 3.8) is 0 Å². The second kappa shape index (κ2) is 9.50. The monoisotopic (exact) mass is 634 g/mol. The number of hydrogen-bond donors (Lipinski definition) is 0. The molecular weight excluding hydrogens is 620 g/mol. The van der Waals surface area contributed by atoms with E-state index in [0.717, 1.165) is 15.8 Å². The van der Waals surface area contributed by atoms with Crippen LogP contribution in [0.2, 0.25) is 10.0 Å². The summed E-state index contributed by atoms with van der Waals surface area (Å²) in [5, 5.41) is 13.5. The molecule has 5 nitrogen and oxygen atoms in total. The zero-order chi connectivity index (χ0) is 25.8. The van der Waals surface area contributed by atoms with E-state index in [1.165, 1.54) is 10.9 Å². The summed E-state index contributed by atoms with van der Waals surface area (Å²) in [7, 11) is -1.59. The summed E-state index contributed by atoms with van der Waals surface area (Å²) in [5.74, 6) is 0. The van der Waals surface area contributed by atoms with Gasteiger partial charge >= 0.3 is 6.18 Å². The molecule has 2 heterocycles. The molecule has 0 bridgehead atoms. The lowest BCUT2D eigenvalue weighted by Gasteiger charge is -2.40. The Morgan fingerprint density at radius 3 is 2.36 bits per heavy atom. The normalized spacial score (nSPS) is 16.1. The molecule has 5 rings (SSSR count). The average molecular weight is 636 g/mol. The summed E-state index contributed by atoms with van der Waals surface area (Å²) in [6, 6.07) is 12.2. The number of alkyl halides is 3. The lowest BCUT2D eigenvalue weighted by atomic mass is 9.68. The first kappa shape index (κ1) is 25.8. The molecule has 0 radical (unpaired) electrons. The number of halogens is 6. The molecule has 0 N–H and O–H groups in total. The molecule has 1 unspecified atom stereocenters. The largest absolute Gasteiger partial charge is 0.400 e. The van der Waals surface area contributed by atoms with Crippen LogP contribution >= 0.6 is 50.5 Å². The van der Waals surface area contributed by atoms with Crippen molar-refractivity contribution in [1.29, 1.82) is 0 Å². The maximum absolute atomic E-state index is 13.9. The van der Waals surface area contributed by atoms with E-state index in [4.69, 9.17) is 23.2 Å². The van der Waals surface area contributed by atoms with Crippen LogP contribution in [0, 0.1) is 0 Å². The summed E-state index contributed by atoms with van der Waals surface area (Å²) in [4.78, 5) is 0.320. The number of benzene rings is 2. The standard InChI is InChI=1S/C23H16BrCl2F3N4OS2/c1-36(34)19-17(20-30-31-21(35-20)22(9-2-10-22)23(27,28)29)32-33(16-8-7-14(25)11-15(16)26)18(19)12-3-5-13(24)6-4-12/h3-8,11H,2,9-10H2,1H3. The number of aromatic nitrogens is 4. The van der Waals surface area contributed by atoms with Crippen LogP contribution in [-0.4, -0.2) is 36.6 Å². The van der Waals surface area contributed by atoms with Crippen molar-refractivity contribution in [2.75, 3.05) is 6.26 Å². The van der Waals surface area contributed by atoms with Gasteiger partial charge in [-0.1, -0.05) is 69.0 Å². The van der Waals surface area contributed by atoms with Crippen molar-refractivity contribution in [3.8, 4) is 27.6 Å². The second-order valence-corrected chi connectivity index (χ2v) is 12.4. The predicted octanol–water partition coefficient (Wildman–Crippen LogP) is 7.85. The van der Waals surface area contributed by atoms with Crippen LogP contribution < -0.4 is 0 Å². The van der Waals surface area contributed by atoms with Crippen molar-refractivity contribution in [1.82, 2.24) is 20.0 Å². The van der Waals surface area contributed by atoms with Gasteiger partial charge in [0, 0.05) is 21.3 Å². The molecule has 1 aliphatic rings. The highest BCUT2D eigenvalue weighted by Gasteiger charge is 2.61. The van der Waals surface area contributed by atoms with Crippen molar-refractivity contribution >= 4 is 61.3 Å². The number of nitrogens with zero attached hydrogens (tertiary/aromatic N) is 4. The Morgan fingerprint density at radius 2 is 1.81 bits per heavy atom. The molecule has 188 valence electrons. The summed E-state index contributed by atoms with van der Waals surface area (Å²) in [6.07, 6.45) is -2.54.